The van der Waals surface area contributed by atoms with Gasteiger partial charge in [-0.3, -0.25) is 4.98 Å². The highest BCUT2D eigenvalue weighted by Crippen LogP contribution is 2.13. The van der Waals surface area contributed by atoms with Crippen molar-refractivity contribution in [2.24, 2.45) is 5.16 Å². The van der Waals surface area contributed by atoms with Gasteiger partial charge in [-0.2, -0.15) is 0 Å². The summed E-state index contributed by atoms with van der Waals surface area (Å²) in [5, 5.41) is 11.2. The van der Waals surface area contributed by atoms with E-state index >= 15 is 0 Å². The second-order valence-electron chi connectivity index (χ2n) is 2.21. The molecule has 0 aliphatic carbocycles. The molecule has 13 heavy (non-hydrogen) atoms. The van der Waals surface area contributed by atoms with Gasteiger partial charge in [0.1, 0.15) is 5.75 Å². The maximum absolute atomic E-state index is 8.33. The first-order valence-electron chi connectivity index (χ1n) is 3.61. The van der Waals surface area contributed by atoms with Crippen LogP contribution in [0.25, 0.3) is 0 Å². The molecule has 1 N–H and O–H groups in total. The highest BCUT2D eigenvalue weighted by Gasteiger charge is 1.99. The second kappa shape index (κ2) is 5.10. The average molecular weight is 182 g/mol. The summed E-state index contributed by atoms with van der Waals surface area (Å²) in [6.45, 7) is 0.137. The molecule has 0 saturated carbocycles. The lowest BCUT2D eigenvalue weighted by Crippen LogP contribution is -2.01. The maximum atomic E-state index is 8.33. The molecule has 1 rings (SSSR count). The molecule has 0 atom stereocenters. The number of ether oxygens (including phenoxy) is 2. The van der Waals surface area contributed by atoms with Crippen molar-refractivity contribution in [1.82, 2.24) is 4.98 Å². The summed E-state index contributed by atoms with van der Waals surface area (Å²) in [6, 6.07) is 1.67. The number of methoxy groups -OCH3 is 1. The number of pyridine rings is 1. The summed E-state index contributed by atoms with van der Waals surface area (Å²) in [5.41, 5.74) is 0.648. The molecule has 70 valence electrons. The first-order valence-corrected chi connectivity index (χ1v) is 3.61. The Morgan fingerprint density at radius 2 is 2.54 bits per heavy atom. The SMILES string of the molecule is COCOc1cnccc1/C=N/O. The van der Waals surface area contributed by atoms with Gasteiger partial charge in [0.15, 0.2) is 6.79 Å². The van der Waals surface area contributed by atoms with Gasteiger partial charge in [0.05, 0.1) is 12.4 Å². The zero-order valence-corrected chi connectivity index (χ0v) is 7.17. The van der Waals surface area contributed by atoms with Gasteiger partial charge in [0.2, 0.25) is 0 Å². The summed E-state index contributed by atoms with van der Waals surface area (Å²) in [5.74, 6) is 0.516. The van der Waals surface area contributed by atoms with Crippen molar-refractivity contribution < 1.29 is 14.7 Å². The van der Waals surface area contributed by atoms with E-state index in [0.717, 1.165) is 0 Å². The summed E-state index contributed by atoms with van der Waals surface area (Å²) >= 11 is 0. The number of nitrogens with zero attached hydrogens (tertiary/aromatic N) is 2. The molecular weight excluding hydrogens is 172 g/mol. The Bertz CT molecular complexity index is 288. The molecule has 0 unspecified atom stereocenters. The van der Waals surface area contributed by atoms with E-state index in [1.54, 1.807) is 12.3 Å². The van der Waals surface area contributed by atoms with Gasteiger partial charge >= 0.3 is 0 Å². The first-order chi connectivity index (χ1) is 6.38. The third-order valence-corrected chi connectivity index (χ3v) is 1.35. The summed E-state index contributed by atoms with van der Waals surface area (Å²) in [7, 11) is 1.52. The van der Waals surface area contributed by atoms with Crippen LogP contribution in [0.1, 0.15) is 5.56 Å². The van der Waals surface area contributed by atoms with Gasteiger partial charge in [-0.1, -0.05) is 5.16 Å². The maximum Gasteiger partial charge on any atom is 0.188 e. The minimum absolute atomic E-state index is 0.137. The Hall–Kier alpha value is -1.62. The molecule has 5 nitrogen and oxygen atoms in total. The Morgan fingerprint density at radius 1 is 1.69 bits per heavy atom. The van der Waals surface area contributed by atoms with Gasteiger partial charge in [-0.15, -0.1) is 0 Å². The normalized spacial score (nSPS) is 10.5. The fraction of sp³-hybridized carbons (Fsp3) is 0.250. The minimum atomic E-state index is 0.137. The number of hydrogen-bond acceptors (Lipinski definition) is 5. The smallest absolute Gasteiger partial charge is 0.188 e. The van der Waals surface area contributed by atoms with Crippen LogP contribution in [0.5, 0.6) is 5.75 Å². The third-order valence-electron chi connectivity index (χ3n) is 1.35. The minimum Gasteiger partial charge on any atom is -0.465 e. The van der Waals surface area contributed by atoms with E-state index in [1.807, 2.05) is 0 Å². The van der Waals surface area contributed by atoms with E-state index in [0.29, 0.717) is 11.3 Å². The summed E-state index contributed by atoms with van der Waals surface area (Å²) in [6.07, 6.45) is 4.37. The van der Waals surface area contributed by atoms with Crippen LogP contribution in [0.3, 0.4) is 0 Å². The molecule has 1 aromatic heterocycles. The summed E-state index contributed by atoms with van der Waals surface area (Å²) < 4.78 is 9.87. The molecule has 0 aromatic carbocycles. The predicted molar refractivity (Wildman–Crippen MR) is 46.1 cm³/mol. The third kappa shape index (κ3) is 2.72. The highest BCUT2D eigenvalue weighted by atomic mass is 16.7. The van der Waals surface area contributed by atoms with Gasteiger partial charge in [-0.05, 0) is 6.07 Å². The molecule has 0 spiro atoms. The number of rotatable bonds is 4. The lowest BCUT2D eigenvalue weighted by Gasteiger charge is -2.05. The lowest BCUT2D eigenvalue weighted by molar-refractivity contribution is 0.0507. The Labute approximate surface area is 75.6 Å². The van der Waals surface area contributed by atoms with Crippen LogP contribution in [0.15, 0.2) is 23.6 Å². The molecule has 0 bridgehead atoms. The van der Waals surface area contributed by atoms with Crippen molar-refractivity contribution in [3.05, 3.63) is 24.0 Å². The molecule has 0 fully saturated rings. The molecule has 1 aromatic rings. The molecule has 1 heterocycles. The number of oxime groups is 1. The number of hydrogen-bond donors (Lipinski definition) is 1. The monoisotopic (exact) mass is 182 g/mol. The van der Waals surface area contributed by atoms with Gasteiger partial charge < -0.3 is 14.7 Å². The standard InChI is InChI=1S/C8H10N2O3/c1-12-6-13-8-5-9-3-2-7(8)4-10-11/h2-5,11H,6H2,1H3/b10-4+. The average Bonchev–Trinajstić information content (AvgIpc) is 2.17. The summed E-state index contributed by atoms with van der Waals surface area (Å²) in [4.78, 5) is 3.86. The molecular formula is C8H10N2O3. The molecule has 0 aliphatic heterocycles. The molecule has 0 saturated heterocycles. The van der Waals surface area contributed by atoms with Crippen molar-refractivity contribution in [3.63, 3.8) is 0 Å². The van der Waals surface area contributed by atoms with Gasteiger partial charge in [0.25, 0.3) is 0 Å². The number of aromatic nitrogens is 1. The Morgan fingerprint density at radius 3 is 3.23 bits per heavy atom. The van der Waals surface area contributed by atoms with Crippen molar-refractivity contribution in [3.8, 4) is 5.75 Å². The molecule has 0 aliphatic rings. The largest absolute Gasteiger partial charge is 0.465 e. The predicted octanol–water partition coefficient (Wildman–Crippen LogP) is 0.872. The molecule has 0 radical (unpaired) electrons. The fourth-order valence-corrected chi connectivity index (χ4v) is 0.803. The van der Waals surface area contributed by atoms with Crippen molar-refractivity contribution >= 4 is 6.21 Å². The Balaban J connectivity index is 2.78. The van der Waals surface area contributed by atoms with Crippen LogP contribution >= 0.6 is 0 Å². The zero-order valence-electron chi connectivity index (χ0n) is 7.17. The van der Waals surface area contributed by atoms with Crippen molar-refractivity contribution in [2.45, 2.75) is 0 Å². The quantitative estimate of drug-likeness (QED) is 0.325. The van der Waals surface area contributed by atoms with E-state index in [-0.39, 0.29) is 6.79 Å². The van der Waals surface area contributed by atoms with Crippen molar-refractivity contribution in [2.75, 3.05) is 13.9 Å². The molecule has 5 heteroatoms. The van der Waals surface area contributed by atoms with Crippen LogP contribution in [-0.4, -0.2) is 30.3 Å². The van der Waals surface area contributed by atoms with Gasteiger partial charge in [-0.25, -0.2) is 0 Å². The zero-order chi connectivity index (χ0) is 9.52. The Kier molecular flexibility index (Phi) is 3.72. The lowest BCUT2D eigenvalue weighted by atomic mass is 10.3. The van der Waals surface area contributed by atoms with E-state index in [2.05, 4.69) is 10.1 Å². The topological polar surface area (TPSA) is 63.9 Å². The van der Waals surface area contributed by atoms with Gasteiger partial charge in [0, 0.05) is 18.9 Å². The van der Waals surface area contributed by atoms with Crippen LogP contribution in [-0.2, 0) is 4.74 Å². The first kappa shape index (κ1) is 9.47. The van der Waals surface area contributed by atoms with E-state index in [9.17, 15) is 0 Å². The fourth-order valence-electron chi connectivity index (χ4n) is 0.803. The van der Waals surface area contributed by atoms with Crippen LogP contribution < -0.4 is 4.74 Å². The van der Waals surface area contributed by atoms with Crippen LogP contribution in [0.2, 0.25) is 0 Å². The van der Waals surface area contributed by atoms with Crippen molar-refractivity contribution in [1.29, 1.82) is 0 Å². The van der Waals surface area contributed by atoms with Crippen LogP contribution in [0.4, 0.5) is 0 Å². The van der Waals surface area contributed by atoms with E-state index in [1.165, 1.54) is 19.5 Å². The van der Waals surface area contributed by atoms with E-state index in [4.69, 9.17) is 14.7 Å². The van der Waals surface area contributed by atoms with Crippen LogP contribution in [0, 0.1) is 0 Å². The van der Waals surface area contributed by atoms with E-state index < -0.39 is 0 Å². The second-order valence-corrected chi connectivity index (χ2v) is 2.21. The highest BCUT2D eigenvalue weighted by molar-refractivity contribution is 5.82. The molecule has 0 amide bonds.